The van der Waals surface area contributed by atoms with Crippen molar-refractivity contribution >= 4 is 11.3 Å². The van der Waals surface area contributed by atoms with Crippen molar-refractivity contribution in [3.63, 3.8) is 0 Å². The molecular formula is C16H21NS. The molecule has 0 radical (unpaired) electrons. The molecule has 0 saturated carbocycles. The molecule has 96 valence electrons. The molecule has 1 atom stereocenters. The molecule has 0 aliphatic rings. The molecule has 18 heavy (non-hydrogen) atoms. The van der Waals surface area contributed by atoms with Gasteiger partial charge in [-0.1, -0.05) is 44.2 Å². The quantitative estimate of drug-likeness (QED) is 0.816. The lowest BCUT2D eigenvalue weighted by Gasteiger charge is -2.23. The molecule has 1 aromatic carbocycles. The van der Waals surface area contributed by atoms with E-state index >= 15 is 0 Å². The molecule has 0 saturated heterocycles. The van der Waals surface area contributed by atoms with Crippen molar-refractivity contribution in [1.29, 1.82) is 0 Å². The van der Waals surface area contributed by atoms with Crippen LogP contribution in [0.2, 0.25) is 0 Å². The van der Waals surface area contributed by atoms with E-state index in [1.807, 2.05) is 0 Å². The second-order valence-electron chi connectivity index (χ2n) is 4.97. The molecule has 2 rings (SSSR count). The average Bonchev–Trinajstić information content (AvgIpc) is 2.88. The van der Waals surface area contributed by atoms with Crippen molar-refractivity contribution in [1.82, 2.24) is 5.32 Å². The Bertz CT molecular complexity index is 433. The number of rotatable bonds is 6. The predicted octanol–water partition coefficient (Wildman–Crippen LogP) is 4.28. The van der Waals surface area contributed by atoms with E-state index in [2.05, 4.69) is 66.3 Å². The van der Waals surface area contributed by atoms with Crippen LogP contribution in [0.25, 0.3) is 0 Å². The summed E-state index contributed by atoms with van der Waals surface area (Å²) in [6.45, 7) is 5.58. The minimum absolute atomic E-state index is 0.449. The molecule has 1 aromatic heterocycles. The first-order valence-corrected chi connectivity index (χ1v) is 7.51. The highest BCUT2D eigenvalue weighted by Crippen LogP contribution is 2.21. The van der Waals surface area contributed by atoms with Crippen LogP contribution >= 0.6 is 11.3 Å². The van der Waals surface area contributed by atoms with Gasteiger partial charge in [0.25, 0.3) is 0 Å². The molecule has 1 heterocycles. The lowest BCUT2D eigenvalue weighted by Crippen LogP contribution is -2.27. The smallest absolute Gasteiger partial charge is 0.0343 e. The van der Waals surface area contributed by atoms with Crippen molar-refractivity contribution in [2.24, 2.45) is 5.92 Å². The van der Waals surface area contributed by atoms with Gasteiger partial charge in [0.05, 0.1) is 0 Å². The van der Waals surface area contributed by atoms with Gasteiger partial charge in [-0.3, -0.25) is 0 Å². The molecule has 0 spiro atoms. The molecular weight excluding hydrogens is 238 g/mol. The molecule has 0 aliphatic heterocycles. The standard InChI is InChI=1S/C16H21NS/c1-13(2)16(15-6-4-3-5-7-15)17-10-8-14-9-11-18-12-14/h3-7,9,11-13,16-17H,8,10H2,1-2H3. The Morgan fingerprint density at radius 2 is 1.89 bits per heavy atom. The normalized spacial score (nSPS) is 12.8. The van der Waals surface area contributed by atoms with Crippen molar-refractivity contribution in [3.8, 4) is 0 Å². The number of hydrogen-bond donors (Lipinski definition) is 1. The van der Waals surface area contributed by atoms with Crippen molar-refractivity contribution in [2.75, 3.05) is 6.54 Å². The second kappa shape index (κ2) is 6.72. The van der Waals surface area contributed by atoms with Gasteiger partial charge in [-0.2, -0.15) is 11.3 Å². The van der Waals surface area contributed by atoms with Gasteiger partial charge >= 0.3 is 0 Å². The van der Waals surface area contributed by atoms with E-state index in [9.17, 15) is 0 Å². The van der Waals surface area contributed by atoms with Gasteiger partial charge in [0.15, 0.2) is 0 Å². The molecule has 1 unspecified atom stereocenters. The minimum atomic E-state index is 0.449. The highest BCUT2D eigenvalue weighted by atomic mass is 32.1. The Kier molecular flexibility index (Phi) is 4.97. The van der Waals surface area contributed by atoms with E-state index in [1.165, 1.54) is 11.1 Å². The summed E-state index contributed by atoms with van der Waals surface area (Å²) in [7, 11) is 0. The van der Waals surface area contributed by atoms with Crippen LogP contribution in [0.1, 0.15) is 31.0 Å². The monoisotopic (exact) mass is 259 g/mol. The molecule has 0 bridgehead atoms. The zero-order valence-electron chi connectivity index (χ0n) is 11.1. The number of benzene rings is 1. The molecule has 2 aromatic rings. The minimum Gasteiger partial charge on any atom is -0.309 e. The van der Waals surface area contributed by atoms with Gasteiger partial charge < -0.3 is 5.32 Å². The number of thiophene rings is 1. The summed E-state index contributed by atoms with van der Waals surface area (Å²) in [6.07, 6.45) is 1.11. The molecule has 1 N–H and O–H groups in total. The summed E-state index contributed by atoms with van der Waals surface area (Å²) < 4.78 is 0. The van der Waals surface area contributed by atoms with Crippen LogP contribution in [0, 0.1) is 5.92 Å². The molecule has 1 nitrogen and oxygen atoms in total. The van der Waals surface area contributed by atoms with Gasteiger partial charge in [-0.15, -0.1) is 0 Å². The number of hydrogen-bond acceptors (Lipinski definition) is 2. The van der Waals surface area contributed by atoms with Crippen LogP contribution in [-0.2, 0) is 6.42 Å². The Morgan fingerprint density at radius 1 is 1.11 bits per heavy atom. The lowest BCUT2D eigenvalue weighted by molar-refractivity contribution is 0.415. The fourth-order valence-electron chi connectivity index (χ4n) is 2.21. The highest BCUT2D eigenvalue weighted by molar-refractivity contribution is 7.07. The third kappa shape index (κ3) is 3.69. The van der Waals surface area contributed by atoms with Crippen LogP contribution in [0.4, 0.5) is 0 Å². The van der Waals surface area contributed by atoms with Gasteiger partial charge in [-0.25, -0.2) is 0 Å². The summed E-state index contributed by atoms with van der Waals surface area (Å²) >= 11 is 1.77. The highest BCUT2D eigenvalue weighted by Gasteiger charge is 2.14. The topological polar surface area (TPSA) is 12.0 Å². The van der Waals surface area contributed by atoms with Crippen molar-refractivity contribution in [3.05, 3.63) is 58.3 Å². The zero-order valence-corrected chi connectivity index (χ0v) is 11.9. The molecule has 0 amide bonds. The maximum atomic E-state index is 3.68. The maximum absolute atomic E-state index is 3.68. The van der Waals surface area contributed by atoms with Gasteiger partial charge in [0.1, 0.15) is 0 Å². The third-order valence-corrected chi connectivity index (χ3v) is 3.92. The first-order chi connectivity index (χ1) is 8.77. The van der Waals surface area contributed by atoms with Crippen LogP contribution in [-0.4, -0.2) is 6.54 Å². The Labute approximate surface area is 114 Å². The first kappa shape index (κ1) is 13.3. The van der Waals surface area contributed by atoms with Gasteiger partial charge in [-0.05, 0) is 46.8 Å². The van der Waals surface area contributed by atoms with E-state index in [0.717, 1.165) is 13.0 Å². The van der Waals surface area contributed by atoms with Gasteiger partial charge in [0, 0.05) is 6.04 Å². The zero-order chi connectivity index (χ0) is 12.8. The number of nitrogens with one attached hydrogen (secondary N) is 1. The predicted molar refractivity (Wildman–Crippen MR) is 80.0 cm³/mol. The first-order valence-electron chi connectivity index (χ1n) is 6.57. The fraction of sp³-hybridized carbons (Fsp3) is 0.375. The van der Waals surface area contributed by atoms with Crippen molar-refractivity contribution < 1.29 is 0 Å². The Hall–Kier alpha value is -1.12. The maximum Gasteiger partial charge on any atom is 0.0343 e. The van der Waals surface area contributed by atoms with Gasteiger partial charge in [0.2, 0.25) is 0 Å². The summed E-state index contributed by atoms with van der Waals surface area (Å²) in [5.74, 6) is 0.606. The van der Waals surface area contributed by atoms with E-state index in [4.69, 9.17) is 0 Å². The SMILES string of the molecule is CC(C)C(NCCc1ccsc1)c1ccccc1. The fourth-order valence-corrected chi connectivity index (χ4v) is 2.91. The summed E-state index contributed by atoms with van der Waals surface area (Å²) in [5, 5.41) is 8.05. The van der Waals surface area contributed by atoms with E-state index in [1.54, 1.807) is 11.3 Å². The van der Waals surface area contributed by atoms with Crippen LogP contribution in [0.5, 0.6) is 0 Å². The van der Waals surface area contributed by atoms with Crippen LogP contribution < -0.4 is 5.32 Å². The molecule has 0 fully saturated rings. The average molecular weight is 259 g/mol. The summed E-state index contributed by atoms with van der Waals surface area (Å²) in [6, 6.07) is 13.4. The molecule has 0 aliphatic carbocycles. The second-order valence-corrected chi connectivity index (χ2v) is 5.75. The van der Waals surface area contributed by atoms with E-state index in [-0.39, 0.29) is 0 Å². The molecule has 2 heteroatoms. The van der Waals surface area contributed by atoms with E-state index in [0.29, 0.717) is 12.0 Å². The van der Waals surface area contributed by atoms with Crippen LogP contribution in [0.15, 0.2) is 47.2 Å². The van der Waals surface area contributed by atoms with Crippen molar-refractivity contribution in [2.45, 2.75) is 26.3 Å². The van der Waals surface area contributed by atoms with E-state index < -0.39 is 0 Å². The Balaban J connectivity index is 1.91. The summed E-state index contributed by atoms with van der Waals surface area (Å²) in [4.78, 5) is 0. The summed E-state index contributed by atoms with van der Waals surface area (Å²) in [5.41, 5.74) is 2.82. The van der Waals surface area contributed by atoms with Crippen LogP contribution in [0.3, 0.4) is 0 Å². The Morgan fingerprint density at radius 3 is 2.50 bits per heavy atom. The largest absolute Gasteiger partial charge is 0.309 e. The third-order valence-electron chi connectivity index (χ3n) is 3.18. The lowest BCUT2D eigenvalue weighted by atomic mass is 9.96.